The Bertz CT molecular complexity index is 894. The van der Waals surface area contributed by atoms with Gasteiger partial charge in [0.1, 0.15) is 5.65 Å². The molecule has 0 aliphatic carbocycles. The number of nitrogens with one attached hydrogen (secondary N) is 1. The van der Waals surface area contributed by atoms with Crippen LogP contribution in [0, 0.1) is 0 Å². The Kier molecular flexibility index (Phi) is 5.36. The van der Waals surface area contributed by atoms with Crippen LogP contribution in [0.25, 0.3) is 5.65 Å². The molecule has 3 aromatic rings. The molecule has 1 unspecified atom stereocenters. The summed E-state index contributed by atoms with van der Waals surface area (Å²) < 4.78 is 3.08. The summed E-state index contributed by atoms with van der Waals surface area (Å²) in [6.45, 7) is 3.88. The lowest BCUT2D eigenvalue weighted by molar-refractivity contribution is 0.104. The van der Waals surface area contributed by atoms with Crippen LogP contribution in [0.3, 0.4) is 0 Å². The van der Waals surface area contributed by atoms with Crippen LogP contribution in [0.4, 0.5) is 0 Å². The fourth-order valence-corrected chi connectivity index (χ4v) is 3.91. The second-order valence-electron chi connectivity index (χ2n) is 6.86. The zero-order chi connectivity index (χ0) is 17.9. The van der Waals surface area contributed by atoms with Gasteiger partial charge in [-0.15, -0.1) is 0 Å². The number of hydrogen-bond acceptors (Lipinski definition) is 4. The van der Waals surface area contributed by atoms with E-state index in [2.05, 4.69) is 59.8 Å². The van der Waals surface area contributed by atoms with Crippen molar-refractivity contribution in [1.82, 2.24) is 19.6 Å². The van der Waals surface area contributed by atoms with Crippen LogP contribution < -0.4 is 5.32 Å². The number of rotatable bonds is 6. The largest absolute Gasteiger partial charge is 0.390 e. The minimum atomic E-state index is -0.383. The zero-order valence-corrected chi connectivity index (χ0v) is 16.2. The quantitative estimate of drug-likeness (QED) is 0.650. The van der Waals surface area contributed by atoms with Crippen molar-refractivity contribution < 1.29 is 5.11 Å². The third-order valence-electron chi connectivity index (χ3n) is 4.91. The molecule has 3 heterocycles. The SMILES string of the molecule is OC(CNCc1cnc2ccc(Br)cn12)CN1CCc2ccccc2C1. The molecule has 0 saturated heterocycles. The highest BCUT2D eigenvalue weighted by molar-refractivity contribution is 9.10. The molecule has 1 aromatic carbocycles. The molecule has 2 aromatic heterocycles. The van der Waals surface area contributed by atoms with E-state index in [-0.39, 0.29) is 6.10 Å². The second-order valence-corrected chi connectivity index (χ2v) is 7.78. The molecule has 6 heteroatoms. The average molecular weight is 415 g/mol. The molecule has 4 rings (SSSR count). The first-order chi connectivity index (χ1) is 12.7. The fraction of sp³-hybridized carbons (Fsp3) is 0.350. The lowest BCUT2D eigenvalue weighted by Crippen LogP contribution is -2.40. The number of benzene rings is 1. The van der Waals surface area contributed by atoms with E-state index in [0.29, 0.717) is 19.6 Å². The number of β-amino-alcohol motifs (C(OH)–C–C–N with tert-alkyl or cyclic N) is 1. The van der Waals surface area contributed by atoms with Gasteiger partial charge < -0.3 is 14.8 Å². The molecule has 5 nitrogen and oxygen atoms in total. The number of nitrogens with zero attached hydrogens (tertiary/aromatic N) is 3. The highest BCUT2D eigenvalue weighted by Crippen LogP contribution is 2.18. The van der Waals surface area contributed by atoms with Gasteiger partial charge in [0.15, 0.2) is 0 Å². The maximum absolute atomic E-state index is 10.4. The Morgan fingerprint density at radius 2 is 2.04 bits per heavy atom. The van der Waals surface area contributed by atoms with Gasteiger partial charge in [-0.3, -0.25) is 4.90 Å². The van der Waals surface area contributed by atoms with E-state index in [1.54, 1.807) is 0 Å². The van der Waals surface area contributed by atoms with E-state index >= 15 is 0 Å². The second kappa shape index (κ2) is 7.88. The van der Waals surface area contributed by atoms with Gasteiger partial charge in [-0.2, -0.15) is 0 Å². The van der Waals surface area contributed by atoms with Crippen molar-refractivity contribution in [3.05, 3.63) is 70.1 Å². The summed E-state index contributed by atoms with van der Waals surface area (Å²) in [7, 11) is 0. The molecule has 136 valence electrons. The summed E-state index contributed by atoms with van der Waals surface area (Å²) in [5.41, 5.74) is 4.84. The van der Waals surface area contributed by atoms with Crippen molar-refractivity contribution in [2.45, 2.75) is 25.6 Å². The van der Waals surface area contributed by atoms with E-state index in [4.69, 9.17) is 0 Å². The Morgan fingerprint density at radius 1 is 1.19 bits per heavy atom. The molecule has 0 spiro atoms. The smallest absolute Gasteiger partial charge is 0.136 e. The van der Waals surface area contributed by atoms with Crippen LogP contribution in [0.2, 0.25) is 0 Å². The van der Waals surface area contributed by atoms with Crippen molar-refractivity contribution in [3.63, 3.8) is 0 Å². The molecule has 1 aliphatic rings. The van der Waals surface area contributed by atoms with Crippen LogP contribution in [0.1, 0.15) is 16.8 Å². The third kappa shape index (κ3) is 3.99. The molecule has 0 bridgehead atoms. The molecule has 0 saturated carbocycles. The summed E-state index contributed by atoms with van der Waals surface area (Å²) in [5, 5.41) is 13.8. The van der Waals surface area contributed by atoms with Crippen LogP contribution >= 0.6 is 15.9 Å². The maximum Gasteiger partial charge on any atom is 0.136 e. The van der Waals surface area contributed by atoms with E-state index < -0.39 is 0 Å². The summed E-state index contributed by atoms with van der Waals surface area (Å²) in [6, 6.07) is 12.6. The number of halogens is 1. The van der Waals surface area contributed by atoms with Gasteiger partial charge in [0.2, 0.25) is 0 Å². The number of aliphatic hydroxyl groups excluding tert-OH is 1. The Balaban J connectivity index is 1.28. The van der Waals surface area contributed by atoms with Crippen LogP contribution in [0.5, 0.6) is 0 Å². The fourth-order valence-electron chi connectivity index (χ4n) is 3.58. The standard InChI is InChI=1S/C20H23BrN4O/c21-17-5-6-20-23-10-18(25(20)13-17)9-22-11-19(26)14-24-8-7-15-3-1-2-4-16(15)12-24/h1-6,10,13,19,22,26H,7-9,11-12,14H2. The van der Waals surface area contributed by atoms with E-state index in [1.165, 1.54) is 11.1 Å². The average Bonchev–Trinajstić information content (AvgIpc) is 3.04. The van der Waals surface area contributed by atoms with Gasteiger partial charge in [0.25, 0.3) is 0 Å². The maximum atomic E-state index is 10.4. The van der Waals surface area contributed by atoms with Crippen molar-refractivity contribution in [1.29, 1.82) is 0 Å². The molecule has 0 radical (unpaired) electrons. The molecular formula is C20H23BrN4O. The third-order valence-corrected chi connectivity index (χ3v) is 5.38. The first-order valence-corrected chi connectivity index (χ1v) is 9.78. The summed E-state index contributed by atoms with van der Waals surface area (Å²) >= 11 is 3.49. The highest BCUT2D eigenvalue weighted by atomic mass is 79.9. The number of hydrogen-bond donors (Lipinski definition) is 2. The van der Waals surface area contributed by atoms with Crippen molar-refractivity contribution >= 4 is 21.6 Å². The molecule has 1 aliphatic heterocycles. The minimum Gasteiger partial charge on any atom is -0.390 e. The van der Waals surface area contributed by atoms with Gasteiger partial charge in [0.05, 0.1) is 18.0 Å². The number of imidazole rings is 1. The van der Waals surface area contributed by atoms with Crippen LogP contribution in [0.15, 0.2) is 53.3 Å². The van der Waals surface area contributed by atoms with E-state index in [9.17, 15) is 5.11 Å². The Hall–Kier alpha value is -1.73. The molecule has 1 atom stereocenters. The summed E-state index contributed by atoms with van der Waals surface area (Å²) in [6.07, 6.45) is 4.57. The van der Waals surface area contributed by atoms with Gasteiger partial charge >= 0.3 is 0 Å². The van der Waals surface area contributed by atoms with Crippen molar-refractivity contribution in [2.75, 3.05) is 19.6 Å². The van der Waals surface area contributed by atoms with Crippen LogP contribution in [-0.2, 0) is 19.5 Å². The first-order valence-electron chi connectivity index (χ1n) is 8.98. The normalized spacial score (nSPS) is 15.9. The van der Waals surface area contributed by atoms with Gasteiger partial charge in [-0.25, -0.2) is 4.98 Å². The van der Waals surface area contributed by atoms with E-state index in [1.807, 2.05) is 24.5 Å². The number of fused-ring (bicyclic) bond motifs is 2. The number of aliphatic hydroxyl groups is 1. The topological polar surface area (TPSA) is 52.8 Å². The Labute approximate surface area is 161 Å². The van der Waals surface area contributed by atoms with Gasteiger partial charge in [-0.05, 0) is 45.6 Å². The predicted octanol–water partition coefficient (Wildman–Crippen LogP) is 2.61. The lowest BCUT2D eigenvalue weighted by atomic mass is 10.00. The molecule has 0 fully saturated rings. The van der Waals surface area contributed by atoms with Gasteiger partial charge in [0, 0.05) is 43.4 Å². The minimum absolute atomic E-state index is 0.383. The number of aromatic nitrogens is 2. The van der Waals surface area contributed by atoms with Crippen molar-refractivity contribution in [3.8, 4) is 0 Å². The van der Waals surface area contributed by atoms with Crippen molar-refractivity contribution in [2.24, 2.45) is 0 Å². The van der Waals surface area contributed by atoms with E-state index in [0.717, 1.165) is 35.3 Å². The monoisotopic (exact) mass is 414 g/mol. The Morgan fingerprint density at radius 3 is 2.92 bits per heavy atom. The number of pyridine rings is 1. The molecule has 2 N–H and O–H groups in total. The van der Waals surface area contributed by atoms with Crippen LogP contribution in [-0.4, -0.2) is 45.1 Å². The summed E-state index contributed by atoms with van der Waals surface area (Å²) in [4.78, 5) is 6.74. The van der Waals surface area contributed by atoms with Gasteiger partial charge in [-0.1, -0.05) is 24.3 Å². The highest BCUT2D eigenvalue weighted by Gasteiger charge is 2.18. The molecular weight excluding hydrogens is 392 g/mol. The lowest BCUT2D eigenvalue weighted by Gasteiger charge is -2.30. The summed E-state index contributed by atoms with van der Waals surface area (Å²) in [5.74, 6) is 0. The molecule has 26 heavy (non-hydrogen) atoms. The predicted molar refractivity (Wildman–Crippen MR) is 106 cm³/mol. The first kappa shape index (κ1) is 17.7. The zero-order valence-electron chi connectivity index (χ0n) is 14.6. The molecule has 0 amide bonds.